The molecule has 0 aliphatic heterocycles. The van der Waals surface area contributed by atoms with Crippen LogP contribution in [0.1, 0.15) is 68.4 Å². The zero-order valence-electron chi connectivity index (χ0n) is 33.8. The molecule has 0 bridgehead atoms. The molecule has 2 heteroatoms. The van der Waals surface area contributed by atoms with Crippen molar-refractivity contribution in [1.29, 1.82) is 0 Å². The van der Waals surface area contributed by atoms with Crippen molar-refractivity contribution >= 4 is 45.8 Å². The predicted octanol–water partition coefficient (Wildman–Crippen LogP) is 15.4. The number of fused-ring (bicyclic) bond motifs is 5. The molecular formula is C56H48N2. The maximum absolute atomic E-state index is 2.49. The molecule has 0 spiro atoms. The van der Waals surface area contributed by atoms with Gasteiger partial charge in [0, 0.05) is 45.0 Å². The van der Waals surface area contributed by atoms with E-state index in [1.54, 1.807) is 0 Å². The third-order valence-corrected chi connectivity index (χ3v) is 12.7. The van der Waals surface area contributed by atoms with E-state index in [0.717, 1.165) is 35.6 Å². The van der Waals surface area contributed by atoms with Gasteiger partial charge in [-0.05, 0) is 141 Å². The fourth-order valence-corrected chi connectivity index (χ4v) is 9.71. The van der Waals surface area contributed by atoms with E-state index in [1.807, 2.05) is 0 Å². The molecule has 0 N–H and O–H groups in total. The molecule has 0 saturated heterocycles. The van der Waals surface area contributed by atoms with Crippen LogP contribution in [0.5, 0.6) is 0 Å². The van der Waals surface area contributed by atoms with Gasteiger partial charge in [0.15, 0.2) is 0 Å². The lowest BCUT2D eigenvalue weighted by Gasteiger charge is -2.28. The second kappa shape index (κ2) is 14.1. The Morgan fingerprint density at radius 2 is 0.828 bits per heavy atom. The first-order chi connectivity index (χ1) is 28.3. The molecule has 0 radical (unpaired) electrons. The molecule has 282 valence electrons. The second-order valence-corrected chi connectivity index (χ2v) is 17.0. The fraction of sp³-hybridized carbons (Fsp3) is 0.143. The molecule has 7 aromatic rings. The van der Waals surface area contributed by atoms with Gasteiger partial charge in [0.2, 0.25) is 0 Å². The highest BCUT2D eigenvalue weighted by Gasteiger charge is 2.39. The van der Waals surface area contributed by atoms with Gasteiger partial charge in [0.05, 0.1) is 0 Å². The zero-order valence-corrected chi connectivity index (χ0v) is 33.8. The summed E-state index contributed by atoms with van der Waals surface area (Å²) >= 11 is 0. The van der Waals surface area contributed by atoms with Crippen LogP contribution in [0.4, 0.5) is 34.1 Å². The van der Waals surface area contributed by atoms with Crippen molar-refractivity contribution in [3.63, 3.8) is 0 Å². The minimum atomic E-state index is -0.136. The summed E-state index contributed by atoms with van der Waals surface area (Å²) in [7, 11) is 0. The topological polar surface area (TPSA) is 6.48 Å². The van der Waals surface area contributed by atoms with Crippen LogP contribution in [0.15, 0.2) is 199 Å². The number of rotatable bonds is 8. The summed E-state index contributed by atoms with van der Waals surface area (Å²) < 4.78 is 0. The molecule has 0 fully saturated rings. The van der Waals surface area contributed by atoms with Crippen LogP contribution in [-0.4, -0.2) is 0 Å². The number of hydrogen-bond acceptors (Lipinski definition) is 2. The first-order valence-corrected chi connectivity index (χ1v) is 20.6. The lowest BCUT2D eigenvalue weighted by molar-refractivity contribution is 0.650. The molecule has 0 atom stereocenters. The normalized spacial score (nSPS) is 15.7. The maximum Gasteiger partial charge on any atom is 0.0465 e. The smallest absolute Gasteiger partial charge is 0.0465 e. The van der Waals surface area contributed by atoms with Crippen LogP contribution in [-0.2, 0) is 10.8 Å². The van der Waals surface area contributed by atoms with E-state index < -0.39 is 0 Å². The third-order valence-electron chi connectivity index (χ3n) is 12.7. The molecule has 2 nitrogen and oxygen atoms in total. The van der Waals surface area contributed by atoms with Crippen molar-refractivity contribution in [3.05, 3.63) is 227 Å². The van der Waals surface area contributed by atoms with Crippen LogP contribution in [0.25, 0.3) is 22.8 Å². The summed E-state index contributed by atoms with van der Waals surface area (Å²) in [5.74, 6) is 0. The molecule has 0 aromatic heterocycles. The molecule has 3 aliphatic carbocycles. The van der Waals surface area contributed by atoms with Gasteiger partial charge in [-0.2, -0.15) is 0 Å². The lowest BCUT2D eigenvalue weighted by atomic mass is 9.78. The molecule has 0 saturated carbocycles. The van der Waals surface area contributed by atoms with E-state index in [1.165, 1.54) is 67.0 Å². The Labute approximate surface area is 343 Å². The SMILES string of the molecule is CC1(C)C2=C(CCC(/C=C/c3ccc4c(c3)C(C)(C)c3cc(N(c5ccccc5)c5ccccc5)ccc3-4)=C2)c2ccc(N(c3ccccc3)c3ccccc3)cc21. The van der Waals surface area contributed by atoms with Crippen LogP contribution >= 0.6 is 0 Å². The van der Waals surface area contributed by atoms with Gasteiger partial charge in [-0.15, -0.1) is 0 Å². The minimum absolute atomic E-state index is 0.0991. The molecule has 0 amide bonds. The standard InChI is InChI=1S/C56H48N2/c1-55(2)51-35-39(27-31-47(51)49-33-29-45(37-53(49)55)57(41-17-9-5-10-18-41)42-19-11-6-12-20-42)25-26-40-28-32-48-50-34-30-46(38-54(50)56(3,4)52(48)36-40)58(43-21-13-7-14-22-43)44-23-15-8-16-24-44/h5-27,29-31,33-38H,28,32H2,1-4H3/b26-25+. The minimum Gasteiger partial charge on any atom is -0.310 e. The summed E-state index contributed by atoms with van der Waals surface area (Å²) in [6.45, 7) is 9.57. The van der Waals surface area contributed by atoms with Gasteiger partial charge in [0.1, 0.15) is 0 Å². The van der Waals surface area contributed by atoms with Crippen molar-refractivity contribution in [1.82, 2.24) is 0 Å². The van der Waals surface area contributed by atoms with Gasteiger partial charge >= 0.3 is 0 Å². The van der Waals surface area contributed by atoms with Crippen molar-refractivity contribution in [2.75, 3.05) is 9.80 Å². The lowest BCUT2D eigenvalue weighted by Crippen LogP contribution is -2.18. The number of anilines is 6. The Kier molecular flexibility index (Phi) is 8.68. The number of nitrogens with zero attached hydrogens (tertiary/aromatic N) is 2. The third kappa shape index (κ3) is 6.03. The molecule has 58 heavy (non-hydrogen) atoms. The van der Waals surface area contributed by atoms with Crippen LogP contribution in [0, 0.1) is 0 Å². The molecule has 3 aliphatic rings. The summed E-state index contributed by atoms with van der Waals surface area (Å²) in [4.78, 5) is 4.73. The van der Waals surface area contributed by atoms with Gasteiger partial charge in [-0.3, -0.25) is 0 Å². The van der Waals surface area contributed by atoms with Crippen LogP contribution in [0.3, 0.4) is 0 Å². The Balaban J connectivity index is 0.930. The Morgan fingerprint density at radius 1 is 0.397 bits per heavy atom. The number of hydrogen-bond donors (Lipinski definition) is 0. The first-order valence-electron chi connectivity index (χ1n) is 20.6. The number of para-hydroxylation sites is 4. The largest absolute Gasteiger partial charge is 0.310 e. The van der Waals surface area contributed by atoms with Crippen molar-refractivity contribution < 1.29 is 0 Å². The first kappa shape index (κ1) is 35.8. The summed E-state index contributed by atoms with van der Waals surface area (Å²) in [5, 5.41) is 0. The van der Waals surface area contributed by atoms with Crippen LogP contribution in [0.2, 0.25) is 0 Å². The zero-order chi connectivity index (χ0) is 39.4. The summed E-state index contributed by atoms with van der Waals surface area (Å²) in [6, 6.07) is 64.0. The maximum atomic E-state index is 2.49. The number of allylic oxidation sites excluding steroid dienone is 5. The predicted molar refractivity (Wildman–Crippen MR) is 246 cm³/mol. The van der Waals surface area contributed by atoms with E-state index in [2.05, 4.69) is 232 Å². The molecule has 0 unspecified atom stereocenters. The van der Waals surface area contributed by atoms with Gasteiger partial charge in [-0.25, -0.2) is 0 Å². The number of benzene rings is 7. The van der Waals surface area contributed by atoms with Crippen LogP contribution < -0.4 is 9.80 Å². The molecule has 7 aromatic carbocycles. The monoisotopic (exact) mass is 748 g/mol. The van der Waals surface area contributed by atoms with E-state index in [0.29, 0.717) is 0 Å². The molecular weight excluding hydrogens is 701 g/mol. The van der Waals surface area contributed by atoms with E-state index in [9.17, 15) is 0 Å². The Morgan fingerprint density at radius 3 is 1.33 bits per heavy atom. The van der Waals surface area contributed by atoms with Gasteiger partial charge < -0.3 is 9.80 Å². The van der Waals surface area contributed by atoms with E-state index in [-0.39, 0.29) is 10.8 Å². The van der Waals surface area contributed by atoms with Gasteiger partial charge in [-0.1, -0.05) is 149 Å². The average molecular weight is 749 g/mol. The summed E-state index contributed by atoms with van der Waals surface area (Å²) in [6.07, 6.45) is 9.28. The highest BCUT2D eigenvalue weighted by Crippen LogP contribution is 2.54. The fourth-order valence-electron chi connectivity index (χ4n) is 9.71. The quantitative estimate of drug-likeness (QED) is 0.153. The Bertz CT molecular complexity index is 2670. The Hall–Kier alpha value is -6.64. The van der Waals surface area contributed by atoms with E-state index >= 15 is 0 Å². The highest BCUT2D eigenvalue weighted by atomic mass is 15.1. The van der Waals surface area contributed by atoms with Crippen molar-refractivity contribution in [3.8, 4) is 11.1 Å². The summed E-state index contributed by atoms with van der Waals surface area (Å²) in [5.41, 5.74) is 20.6. The molecule has 10 rings (SSSR count). The average Bonchev–Trinajstić information content (AvgIpc) is 3.63. The second-order valence-electron chi connectivity index (χ2n) is 17.0. The molecule has 0 heterocycles. The van der Waals surface area contributed by atoms with Crippen molar-refractivity contribution in [2.24, 2.45) is 0 Å². The van der Waals surface area contributed by atoms with Gasteiger partial charge in [0.25, 0.3) is 0 Å². The highest BCUT2D eigenvalue weighted by molar-refractivity contribution is 5.88. The van der Waals surface area contributed by atoms with E-state index in [4.69, 9.17) is 0 Å². The van der Waals surface area contributed by atoms with Crippen molar-refractivity contribution in [2.45, 2.75) is 51.4 Å².